The minimum Gasteiger partial charge on any atom is -0.406 e. The molecule has 10 aromatic heterocycles. The smallest absolute Gasteiger partial charge is 0.406 e. The van der Waals surface area contributed by atoms with E-state index in [4.69, 9.17) is 77.6 Å². The molecule has 35 heteroatoms. The fourth-order valence-electron chi connectivity index (χ4n) is 16.2. The van der Waals surface area contributed by atoms with E-state index in [1.54, 1.807) is 47.2 Å². The first-order chi connectivity index (χ1) is 61.0. The van der Waals surface area contributed by atoms with Crippen molar-refractivity contribution in [1.29, 1.82) is 0 Å². The molecule has 5 aliphatic rings. The SMILES string of the molecule is CN1CCC(CNc2ccn3ncc(-c4cccc(OC(F)(F)F)c4)c3n2)CC1.Clc1cccc(-c2cnn3ccc(NC4CCOCC4)nc23)c1.NC1CCC(Nc2ccn3ncc(-c4cccc(Cl)c4)c3n2)CC1.NC1CCC(Nc2ccn3ncc(-c4cccc(Cl)c4)c3n2)CC1.O=S1(=O)CCC(CNc2ccn3ncc(-c4cccc(Cl)c4)c3n2)CC1. The highest BCUT2D eigenvalue weighted by atomic mass is 35.5. The third-order valence-electron chi connectivity index (χ3n) is 23.2. The van der Waals surface area contributed by atoms with Crippen molar-refractivity contribution < 1.29 is 31.1 Å². The van der Waals surface area contributed by atoms with Gasteiger partial charge in [0.1, 0.15) is 44.7 Å². The van der Waals surface area contributed by atoms with Crippen LogP contribution in [-0.2, 0) is 14.6 Å². The van der Waals surface area contributed by atoms with Crippen molar-refractivity contribution in [2.24, 2.45) is 23.3 Å². The van der Waals surface area contributed by atoms with Gasteiger partial charge in [-0.1, -0.05) is 107 Å². The number of rotatable bonds is 18. The van der Waals surface area contributed by atoms with Gasteiger partial charge in [0.15, 0.2) is 28.2 Å². The fourth-order valence-corrected chi connectivity index (χ4v) is 18.5. The Kier molecular flexibility index (Phi) is 28.4. The largest absolute Gasteiger partial charge is 0.573 e. The maximum Gasteiger partial charge on any atom is 0.573 e. The lowest BCUT2D eigenvalue weighted by Crippen LogP contribution is -2.33. The van der Waals surface area contributed by atoms with Crippen LogP contribution in [0.1, 0.15) is 89.9 Å². The average Bonchev–Trinajstić information content (AvgIpc) is 1.67. The molecule has 27 nitrogen and oxygen atoms in total. The first-order valence-electron chi connectivity index (χ1n) is 42.4. The van der Waals surface area contributed by atoms with Gasteiger partial charge in [-0.05, 0) is 241 Å². The standard InChI is InChI=1S/C20H22F3N5O.2C18H20ClN5.C18H19ClN4O2S.C17H17ClN4O/c1-27-8-5-14(6-9-27)12-24-18-7-10-28-19(26-18)17(13-25-28)15-3-2-4-16(11-15)29-20(21,22)23;2*19-13-3-1-2-12(10-13)16-11-21-24-9-8-17(23-18(16)24)22-15-6-4-14(20)5-7-15;19-15-3-1-2-14(10-15)16-12-21-23-7-4-17(22-18(16)23)20-11-13-5-8-26(24,25)9-6-13;18-13-3-1-2-12(10-13)15-11-19-22-7-4-16(21-17(15)22)20-14-5-8-23-9-6-14/h2-4,7,10-11,13-14H,5-6,8-9,12H2,1H3,(H,24,26);2*1-3,8-11,14-15H,4-7,20H2,(H,22,23);1-4,7,10,12-13H,5-6,8-9,11H2,(H,20,22);1-4,7,10-11,14H,5-6,8-9H2,(H,20,21). The lowest BCUT2D eigenvalue weighted by Gasteiger charge is -2.29. The second-order valence-corrected chi connectivity index (χ2v) is 36.5. The first kappa shape index (κ1) is 88.2. The summed E-state index contributed by atoms with van der Waals surface area (Å²) in [5, 5.41) is 41.9. The molecular weight excluding hydrogens is 1710 g/mol. The summed E-state index contributed by atoms with van der Waals surface area (Å²) in [5.74, 6) is 5.37. The number of nitrogens with two attached hydrogens (primary N) is 2. The number of anilines is 5. The van der Waals surface area contributed by atoms with E-state index in [1.165, 1.54) is 18.2 Å². The Labute approximate surface area is 747 Å². The van der Waals surface area contributed by atoms with Crippen LogP contribution in [0.2, 0.25) is 20.1 Å². The second kappa shape index (κ2) is 40.6. The van der Waals surface area contributed by atoms with Crippen LogP contribution in [0.15, 0.2) is 214 Å². The summed E-state index contributed by atoms with van der Waals surface area (Å²) in [6, 6.07) is 48.3. The molecule has 0 amide bonds. The number of halogens is 7. The number of likely N-dealkylation sites (tertiary alicyclic amines) is 1. The molecule has 0 bridgehead atoms. The van der Waals surface area contributed by atoms with Crippen LogP contribution in [-0.4, -0.2) is 181 Å². The van der Waals surface area contributed by atoms with Crippen LogP contribution in [0.5, 0.6) is 5.75 Å². The molecule has 13 heterocycles. The zero-order valence-electron chi connectivity index (χ0n) is 69.3. The van der Waals surface area contributed by atoms with E-state index in [9.17, 15) is 21.6 Å². The number of hydrogen-bond acceptors (Lipinski definition) is 22. The van der Waals surface area contributed by atoms with Crippen molar-refractivity contribution in [1.82, 2.24) is 77.9 Å². The number of hydrogen-bond donors (Lipinski definition) is 7. The normalized spacial score (nSPS) is 18.3. The lowest BCUT2D eigenvalue weighted by molar-refractivity contribution is -0.274. The number of benzene rings is 5. The Morgan fingerprint density at radius 2 is 0.706 bits per heavy atom. The monoisotopic (exact) mass is 1810 g/mol. The first-order valence-corrected chi connectivity index (χ1v) is 45.8. The Bertz CT molecular complexity index is 6160. The van der Waals surface area contributed by atoms with Gasteiger partial charge >= 0.3 is 6.36 Å². The van der Waals surface area contributed by atoms with E-state index >= 15 is 0 Å². The van der Waals surface area contributed by atoms with Crippen LogP contribution in [0.25, 0.3) is 83.9 Å². The summed E-state index contributed by atoms with van der Waals surface area (Å²) in [4.78, 5) is 25.9. The highest BCUT2D eigenvalue weighted by Gasteiger charge is 2.32. The van der Waals surface area contributed by atoms with Crippen LogP contribution in [0.3, 0.4) is 0 Å². The topological polar surface area (TPSA) is 319 Å². The van der Waals surface area contributed by atoms with E-state index in [0.717, 1.165) is 213 Å². The van der Waals surface area contributed by atoms with E-state index in [-0.39, 0.29) is 17.3 Å². The van der Waals surface area contributed by atoms with Crippen molar-refractivity contribution in [3.05, 3.63) is 234 Å². The summed E-state index contributed by atoms with van der Waals surface area (Å²) in [6.07, 6.45) is 28.0. The molecule has 2 saturated carbocycles. The molecule has 5 fully saturated rings. The third kappa shape index (κ3) is 23.3. The van der Waals surface area contributed by atoms with Gasteiger partial charge in [-0.2, -0.15) is 25.5 Å². The lowest BCUT2D eigenvalue weighted by atomic mass is 9.92. The summed E-state index contributed by atoms with van der Waals surface area (Å²) in [5.41, 5.74) is 24.8. The van der Waals surface area contributed by atoms with Gasteiger partial charge in [-0.3, -0.25) is 0 Å². The van der Waals surface area contributed by atoms with Crippen LogP contribution in [0, 0.1) is 11.8 Å². The average molecular weight is 1810 g/mol. The van der Waals surface area contributed by atoms with Gasteiger partial charge in [-0.25, -0.2) is 55.9 Å². The predicted molar refractivity (Wildman–Crippen MR) is 493 cm³/mol. The number of fused-ring (bicyclic) bond motifs is 5. The van der Waals surface area contributed by atoms with Gasteiger partial charge in [0.25, 0.3) is 0 Å². The van der Waals surface area contributed by atoms with Gasteiger partial charge in [0, 0.05) is 135 Å². The molecule has 656 valence electrons. The van der Waals surface area contributed by atoms with Gasteiger partial charge < -0.3 is 52.4 Å². The molecule has 5 aromatic carbocycles. The van der Waals surface area contributed by atoms with Gasteiger partial charge in [-0.15, -0.1) is 13.2 Å². The maximum absolute atomic E-state index is 12.5. The van der Waals surface area contributed by atoms with Crippen molar-refractivity contribution in [3.63, 3.8) is 0 Å². The van der Waals surface area contributed by atoms with Crippen LogP contribution < -0.4 is 42.8 Å². The van der Waals surface area contributed by atoms with E-state index in [1.807, 2.05) is 171 Å². The van der Waals surface area contributed by atoms with E-state index < -0.39 is 16.2 Å². The minimum atomic E-state index is -4.73. The Morgan fingerprint density at radius 1 is 0.405 bits per heavy atom. The molecule has 0 atom stereocenters. The number of nitrogens with one attached hydrogen (secondary N) is 5. The molecule has 3 aliphatic heterocycles. The summed E-state index contributed by atoms with van der Waals surface area (Å²) < 4.78 is 78.7. The molecule has 126 heavy (non-hydrogen) atoms. The van der Waals surface area contributed by atoms with Crippen molar-refractivity contribution in [2.75, 3.05) is 84.5 Å². The third-order valence-corrected chi connectivity index (χ3v) is 25.9. The number of aromatic nitrogens is 15. The molecule has 0 radical (unpaired) electrons. The highest BCUT2D eigenvalue weighted by Crippen LogP contribution is 2.36. The molecule has 3 saturated heterocycles. The Morgan fingerprint density at radius 3 is 1.04 bits per heavy atom. The molecule has 0 unspecified atom stereocenters. The fraction of sp³-hybridized carbons (Fsp3) is 0.341. The number of ether oxygens (including phenoxy) is 2. The van der Waals surface area contributed by atoms with Crippen LogP contribution >= 0.6 is 46.4 Å². The van der Waals surface area contributed by atoms with Gasteiger partial charge in [0.05, 0.1) is 42.5 Å². The zero-order valence-corrected chi connectivity index (χ0v) is 73.1. The van der Waals surface area contributed by atoms with Crippen molar-refractivity contribution in [3.8, 4) is 61.4 Å². The van der Waals surface area contributed by atoms with Crippen molar-refractivity contribution in [2.45, 2.75) is 126 Å². The number of alkyl halides is 3. The molecule has 15 aromatic rings. The number of piperidine rings is 1. The maximum atomic E-state index is 12.5. The molecule has 20 rings (SSSR count). The quantitative estimate of drug-likeness (QED) is 0.0420. The van der Waals surface area contributed by atoms with E-state index in [0.29, 0.717) is 91.8 Å². The zero-order chi connectivity index (χ0) is 87.3. The molecule has 2 aliphatic carbocycles. The molecular formula is C91H98Cl4F3N23O4S. The Balaban J connectivity index is 0.000000116. The van der Waals surface area contributed by atoms with Gasteiger partial charge in [0.2, 0.25) is 0 Å². The number of nitrogens with zero attached hydrogens (tertiary/aromatic N) is 16. The second-order valence-electron chi connectivity index (χ2n) is 32.5. The summed E-state index contributed by atoms with van der Waals surface area (Å²) >= 11 is 24.4. The highest BCUT2D eigenvalue weighted by molar-refractivity contribution is 7.91. The van der Waals surface area contributed by atoms with Crippen molar-refractivity contribution >= 4 is 114 Å². The molecule has 0 spiro atoms. The summed E-state index contributed by atoms with van der Waals surface area (Å²) in [6.45, 7) is 5.37. The minimum absolute atomic E-state index is 0.272. The molecule has 9 N–H and O–H groups in total. The van der Waals surface area contributed by atoms with E-state index in [2.05, 4.69) is 78.7 Å². The Hall–Kier alpha value is -11.3. The predicted octanol–water partition coefficient (Wildman–Crippen LogP) is 18.4. The number of sulfone groups is 1. The van der Waals surface area contributed by atoms with Crippen LogP contribution in [0.4, 0.5) is 42.3 Å². The summed E-state index contributed by atoms with van der Waals surface area (Å²) in [7, 11) is -0.692.